The first-order valence-electron chi connectivity index (χ1n) is 18.4. The number of rotatable bonds is 3. The third-order valence-corrected chi connectivity index (χ3v) is 12.0. The van der Waals surface area contributed by atoms with Crippen molar-refractivity contribution in [3.63, 3.8) is 0 Å². The predicted octanol–water partition coefficient (Wildman–Crippen LogP) is 12.4. The van der Waals surface area contributed by atoms with Crippen LogP contribution in [0.15, 0.2) is 181 Å². The van der Waals surface area contributed by atoms with Gasteiger partial charge in [-0.2, -0.15) is 0 Å². The van der Waals surface area contributed by atoms with Crippen molar-refractivity contribution in [2.45, 2.75) is 24.7 Å². The Morgan fingerprint density at radius 1 is 0.453 bits per heavy atom. The highest BCUT2D eigenvalue weighted by atomic mass is 16.5. The molecule has 4 aliphatic rings. The minimum absolute atomic E-state index is 0.461. The third-order valence-electron chi connectivity index (χ3n) is 12.0. The highest BCUT2D eigenvalue weighted by molar-refractivity contribution is 5.96. The van der Waals surface area contributed by atoms with E-state index in [0.717, 1.165) is 34.4 Å². The normalized spacial score (nSPS) is 16.0. The number of benzene rings is 7. The summed E-state index contributed by atoms with van der Waals surface area (Å²) in [5.41, 5.74) is 15.9. The zero-order chi connectivity index (χ0) is 35.3. The van der Waals surface area contributed by atoms with Gasteiger partial charge in [0.05, 0.1) is 10.8 Å². The molecule has 252 valence electrons. The van der Waals surface area contributed by atoms with Gasteiger partial charge in [-0.15, -0.1) is 0 Å². The van der Waals surface area contributed by atoms with Gasteiger partial charge >= 0.3 is 0 Å². The molecule has 2 aliphatic carbocycles. The van der Waals surface area contributed by atoms with Gasteiger partial charge in [0.25, 0.3) is 0 Å². The van der Waals surface area contributed by atoms with E-state index in [1.807, 2.05) is 0 Å². The van der Waals surface area contributed by atoms with Gasteiger partial charge in [-0.05, 0) is 89.2 Å². The van der Waals surface area contributed by atoms with Gasteiger partial charge in [0.1, 0.15) is 23.0 Å². The van der Waals surface area contributed by atoms with Crippen molar-refractivity contribution in [2.75, 3.05) is 5.32 Å². The molecule has 3 heteroatoms. The molecular weight excluding hydrogens is 647 g/mol. The highest BCUT2D eigenvalue weighted by Gasteiger charge is 2.52. The molecule has 7 aromatic carbocycles. The second-order valence-corrected chi connectivity index (χ2v) is 14.5. The van der Waals surface area contributed by atoms with Crippen molar-refractivity contribution in [3.05, 3.63) is 226 Å². The summed E-state index contributed by atoms with van der Waals surface area (Å²) in [5, 5.41) is 3.93. The lowest BCUT2D eigenvalue weighted by Crippen LogP contribution is -2.32. The number of anilines is 1. The van der Waals surface area contributed by atoms with E-state index >= 15 is 0 Å². The number of hydrogen-bond acceptors (Lipinski definition) is 3. The minimum Gasteiger partial charge on any atom is -0.457 e. The largest absolute Gasteiger partial charge is 0.457 e. The first kappa shape index (κ1) is 30.1. The van der Waals surface area contributed by atoms with E-state index in [0.29, 0.717) is 0 Å². The Balaban J connectivity index is 1.10. The summed E-state index contributed by atoms with van der Waals surface area (Å²) in [6, 6.07) is 58.6. The van der Waals surface area contributed by atoms with E-state index in [1.54, 1.807) is 0 Å². The Bertz CT molecular complexity index is 2660. The molecule has 3 nitrogen and oxygen atoms in total. The fourth-order valence-corrected chi connectivity index (χ4v) is 10.00. The molecule has 0 saturated carbocycles. The van der Waals surface area contributed by atoms with Crippen molar-refractivity contribution >= 4 is 11.3 Å². The first-order chi connectivity index (χ1) is 26.1. The number of ether oxygens (including phenoxy) is 2. The van der Waals surface area contributed by atoms with Crippen molar-refractivity contribution in [2.24, 2.45) is 0 Å². The van der Waals surface area contributed by atoms with Crippen LogP contribution in [0.5, 0.6) is 23.0 Å². The maximum atomic E-state index is 6.56. The molecule has 53 heavy (non-hydrogen) atoms. The molecule has 0 saturated heterocycles. The highest BCUT2D eigenvalue weighted by Crippen LogP contribution is 2.64. The molecule has 7 aromatic rings. The average molecular weight is 682 g/mol. The quantitative estimate of drug-likeness (QED) is 0.201. The second-order valence-electron chi connectivity index (χ2n) is 14.5. The van der Waals surface area contributed by atoms with Crippen molar-refractivity contribution in [1.82, 2.24) is 0 Å². The van der Waals surface area contributed by atoms with E-state index in [-0.39, 0.29) is 0 Å². The SMILES string of the molecule is CC1=C(/C=C(\C)Nc2cccc3c2-c2ccccc2C32c3ccccc3Oc3ccccc32)c2ccccc2C12c1ccccc1Oc1ccccc12. The minimum atomic E-state index is -0.508. The van der Waals surface area contributed by atoms with Crippen molar-refractivity contribution in [3.8, 4) is 34.1 Å². The maximum absolute atomic E-state index is 6.56. The monoisotopic (exact) mass is 681 g/mol. The Kier molecular flexibility index (Phi) is 6.22. The van der Waals surface area contributed by atoms with E-state index in [9.17, 15) is 0 Å². The van der Waals surface area contributed by atoms with E-state index in [2.05, 4.69) is 189 Å². The molecule has 2 heterocycles. The van der Waals surface area contributed by atoms with Crippen LogP contribution < -0.4 is 14.8 Å². The van der Waals surface area contributed by atoms with Crippen LogP contribution in [0, 0.1) is 0 Å². The zero-order valence-electron chi connectivity index (χ0n) is 29.5. The smallest absolute Gasteiger partial charge is 0.132 e. The lowest BCUT2D eigenvalue weighted by atomic mass is 9.66. The standard InChI is InChI=1S/C50H35NO2/c1-31(30-35-32(2)49(36-18-5-3-16-33(35)36)38-20-7-11-26-44(38)52-45-27-12-8-21-39(45)49)51-43-25-15-24-42-48(43)34-17-4-6-19-37(34)50(42)40-22-9-13-28-46(40)53-47-29-14-10-23-41(47)50/h3-30,51H,1-2H3/b31-30+. The second kappa shape index (κ2) is 11.0. The Morgan fingerprint density at radius 3 is 1.42 bits per heavy atom. The molecule has 1 N–H and O–H groups in total. The number of nitrogens with one attached hydrogen (secondary N) is 1. The molecule has 11 rings (SSSR count). The zero-order valence-corrected chi connectivity index (χ0v) is 29.5. The van der Waals surface area contributed by atoms with Crippen LogP contribution in [0.25, 0.3) is 16.7 Å². The Labute approximate surface area is 309 Å². The lowest BCUT2D eigenvalue weighted by molar-refractivity contribution is 0.434. The molecule has 0 amide bonds. The van der Waals surface area contributed by atoms with Crippen LogP contribution >= 0.6 is 0 Å². The molecule has 2 spiro atoms. The van der Waals surface area contributed by atoms with Crippen LogP contribution in [-0.4, -0.2) is 0 Å². The molecule has 0 unspecified atom stereocenters. The van der Waals surface area contributed by atoms with Gasteiger partial charge in [0, 0.05) is 39.2 Å². The van der Waals surface area contributed by atoms with Gasteiger partial charge in [-0.1, -0.05) is 133 Å². The molecule has 2 aliphatic heterocycles. The van der Waals surface area contributed by atoms with Gasteiger partial charge in [-0.25, -0.2) is 0 Å². The number of allylic oxidation sites excluding steroid dienone is 4. The fourth-order valence-electron chi connectivity index (χ4n) is 10.00. The molecule has 0 atom stereocenters. The summed E-state index contributed by atoms with van der Waals surface area (Å²) in [4.78, 5) is 0. The van der Waals surface area contributed by atoms with Gasteiger partial charge in [0.15, 0.2) is 0 Å². The fraction of sp³-hybridized carbons (Fsp3) is 0.0800. The summed E-state index contributed by atoms with van der Waals surface area (Å²) in [5.74, 6) is 3.61. The average Bonchev–Trinajstić information content (AvgIpc) is 3.63. The molecule has 0 aromatic heterocycles. The Morgan fingerprint density at radius 2 is 0.868 bits per heavy atom. The van der Waals surface area contributed by atoms with E-state index in [1.165, 1.54) is 66.8 Å². The summed E-state index contributed by atoms with van der Waals surface area (Å²) in [6.45, 7) is 4.49. The molecule has 0 bridgehead atoms. The summed E-state index contributed by atoms with van der Waals surface area (Å²) < 4.78 is 13.1. The van der Waals surface area contributed by atoms with Crippen LogP contribution in [-0.2, 0) is 10.8 Å². The van der Waals surface area contributed by atoms with Gasteiger partial charge < -0.3 is 14.8 Å². The molecule has 0 fully saturated rings. The molecular formula is C50H35NO2. The summed E-state index contributed by atoms with van der Waals surface area (Å²) in [7, 11) is 0. The van der Waals surface area contributed by atoms with Crippen LogP contribution in [0.1, 0.15) is 58.4 Å². The Hall–Kier alpha value is -6.58. The van der Waals surface area contributed by atoms with Gasteiger partial charge in [-0.3, -0.25) is 0 Å². The lowest BCUT2D eigenvalue weighted by Gasteiger charge is -2.39. The van der Waals surface area contributed by atoms with Crippen LogP contribution in [0.3, 0.4) is 0 Å². The number of fused-ring (bicyclic) bond motifs is 15. The maximum Gasteiger partial charge on any atom is 0.132 e. The van der Waals surface area contributed by atoms with E-state index < -0.39 is 10.8 Å². The van der Waals surface area contributed by atoms with Crippen molar-refractivity contribution in [1.29, 1.82) is 0 Å². The third kappa shape index (κ3) is 3.84. The van der Waals surface area contributed by atoms with Crippen LogP contribution in [0.2, 0.25) is 0 Å². The summed E-state index contributed by atoms with van der Waals surface area (Å²) in [6.07, 6.45) is 2.35. The predicted molar refractivity (Wildman–Crippen MR) is 213 cm³/mol. The number of hydrogen-bond donors (Lipinski definition) is 1. The summed E-state index contributed by atoms with van der Waals surface area (Å²) >= 11 is 0. The number of para-hydroxylation sites is 4. The van der Waals surface area contributed by atoms with Crippen LogP contribution in [0.4, 0.5) is 5.69 Å². The topological polar surface area (TPSA) is 30.5 Å². The van der Waals surface area contributed by atoms with E-state index in [4.69, 9.17) is 9.47 Å². The van der Waals surface area contributed by atoms with Gasteiger partial charge in [0.2, 0.25) is 0 Å². The van der Waals surface area contributed by atoms with Crippen molar-refractivity contribution < 1.29 is 9.47 Å². The first-order valence-corrected chi connectivity index (χ1v) is 18.4. The molecule has 0 radical (unpaired) electrons.